The van der Waals surface area contributed by atoms with Crippen molar-refractivity contribution in [2.45, 2.75) is 6.92 Å². The van der Waals surface area contributed by atoms with Crippen LogP contribution in [0.25, 0.3) is 0 Å². The van der Waals surface area contributed by atoms with Gasteiger partial charge in [-0.25, -0.2) is 0 Å². The summed E-state index contributed by atoms with van der Waals surface area (Å²) in [7, 11) is 0. The average Bonchev–Trinajstić information content (AvgIpc) is 1.68. The molecule has 0 fully saturated rings. The molecule has 2 N–H and O–H groups in total. The summed E-state index contributed by atoms with van der Waals surface area (Å²) in [5.74, 6) is -0.345. The summed E-state index contributed by atoms with van der Waals surface area (Å²) in [5.41, 5.74) is 4.88. The van der Waals surface area contributed by atoms with Gasteiger partial charge in [0.2, 0.25) is 0 Å². The van der Waals surface area contributed by atoms with E-state index in [0.717, 1.165) is 0 Å². The van der Waals surface area contributed by atoms with Crippen molar-refractivity contribution < 1.29 is 9.53 Å². The lowest BCUT2D eigenvalue weighted by atomic mass is 10.7. The summed E-state index contributed by atoms with van der Waals surface area (Å²) in [6, 6.07) is 0. The van der Waals surface area contributed by atoms with Crippen molar-refractivity contribution in [2.24, 2.45) is 5.73 Å². The zero-order valence-corrected chi connectivity index (χ0v) is 7.98. The first-order chi connectivity index (χ1) is 3.31. The molecule has 0 radical (unpaired) electrons. The molecule has 0 amide bonds. The Kier molecular flexibility index (Phi) is 36.2. The molecule has 0 aliphatic carbocycles. The van der Waals surface area contributed by atoms with Gasteiger partial charge in [-0.2, -0.15) is 0 Å². The van der Waals surface area contributed by atoms with E-state index in [2.05, 4.69) is 4.74 Å². The van der Waals surface area contributed by atoms with Gasteiger partial charge < -0.3 is 10.5 Å². The number of carbonyl (C=O) groups excluding carboxylic acids is 1. The average molecular weight is 213 g/mol. The fourth-order valence-electron chi connectivity index (χ4n) is 0.220. The van der Waals surface area contributed by atoms with Crippen LogP contribution in [-0.2, 0) is 9.53 Å². The van der Waals surface area contributed by atoms with Crippen molar-refractivity contribution in [1.29, 1.82) is 0 Å². The smallest absolute Gasteiger partial charge is 0.319 e. The third-order valence-electron chi connectivity index (χ3n) is 0.472. The molecular weight excluding hydrogens is 200 g/mol. The van der Waals surface area contributed by atoms with Crippen LogP contribution in [0.5, 0.6) is 0 Å². The number of rotatable bonds is 2. The monoisotopic (exact) mass is 211 g/mol. The van der Waals surface area contributed by atoms with Crippen LogP contribution in [0.15, 0.2) is 0 Å². The number of halogens is 3. The van der Waals surface area contributed by atoms with Crippen molar-refractivity contribution in [3.63, 3.8) is 0 Å². The van der Waals surface area contributed by atoms with E-state index in [0.29, 0.717) is 6.61 Å². The topological polar surface area (TPSA) is 52.3 Å². The lowest BCUT2D eigenvalue weighted by Gasteiger charge is -1.93. The second kappa shape index (κ2) is 16.1. The normalized spacial score (nSPS) is 5.80. The Morgan fingerprint density at radius 2 is 1.80 bits per heavy atom. The molecule has 0 heterocycles. The predicted octanol–water partition coefficient (Wildman–Crippen LogP) is 0.774. The van der Waals surface area contributed by atoms with Crippen molar-refractivity contribution in [3.8, 4) is 0 Å². The van der Waals surface area contributed by atoms with Crippen LogP contribution in [-0.4, -0.2) is 19.1 Å². The Morgan fingerprint density at radius 3 is 1.90 bits per heavy atom. The predicted molar refractivity (Wildman–Crippen MR) is 47.4 cm³/mol. The van der Waals surface area contributed by atoms with E-state index in [-0.39, 0.29) is 49.7 Å². The maximum Gasteiger partial charge on any atom is 0.319 e. The first kappa shape index (κ1) is 22.4. The van der Waals surface area contributed by atoms with Gasteiger partial charge in [0.25, 0.3) is 0 Å². The number of esters is 1. The van der Waals surface area contributed by atoms with E-state index in [1.54, 1.807) is 6.92 Å². The summed E-state index contributed by atoms with van der Waals surface area (Å²) >= 11 is 0. The Labute approximate surface area is 78.9 Å². The SMILES string of the molecule is CCOC(=O)CN.Cl.Cl.Cl. The maximum atomic E-state index is 10.1. The Morgan fingerprint density at radius 1 is 1.40 bits per heavy atom. The van der Waals surface area contributed by atoms with Gasteiger partial charge in [-0.3, -0.25) is 4.79 Å². The van der Waals surface area contributed by atoms with E-state index in [1.807, 2.05) is 0 Å². The van der Waals surface area contributed by atoms with Crippen molar-refractivity contribution >= 4 is 43.2 Å². The highest BCUT2D eigenvalue weighted by atomic mass is 35.5. The molecule has 0 unspecified atom stereocenters. The van der Waals surface area contributed by atoms with Gasteiger partial charge in [0.05, 0.1) is 13.2 Å². The zero-order chi connectivity index (χ0) is 5.70. The molecule has 0 aromatic carbocycles. The first-order valence-corrected chi connectivity index (χ1v) is 2.17. The minimum Gasteiger partial charge on any atom is -0.465 e. The van der Waals surface area contributed by atoms with E-state index < -0.39 is 0 Å². The molecule has 0 bridgehead atoms. The number of nitrogens with two attached hydrogens (primary N) is 1. The molecule has 0 atom stereocenters. The number of hydrogen-bond donors (Lipinski definition) is 1. The molecule has 0 aliphatic rings. The van der Waals surface area contributed by atoms with Gasteiger partial charge in [0.15, 0.2) is 0 Å². The fraction of sp³-hybridized carbons (Fsp3) is 0.750. The minimum atomic E-state index is -0.345. The summed E-state index contributed by atoms with van der Waals surface area (Å²) < 4.78 is 4.43. The number of ether oxygens (including phenoxy) is 1. The first-order valence-electron chi connectivity index (χ1n) is 2.17. The molecule has 0 aromatic heterocycles. The molecule has 3 nitrogen and oxygen atoms in total. The number of carbonyl (C=O) groups is 1. The van der Waals surface area contributed by atoms with Gasteiger partial charge in [-0.15, -0.1) is 37.2 Å². The van der Waals surface area contributed by atoms with Crippen LogP contribution in [0.4, 0.5) is 0 Å². The van der Waals surface area contributed by atoms with Crippen LogP contribution in [0.3, 0.4) is 0 Å². The van der Waals surface area contributed by atoms with Crippen LogP contribution >= 0.6 is 37.2 Å². The second-order valence-corrected chi connectivity index (χ2v) is 1.01. The summed E-state index contributed by atoms with van der Waals surface area (Å²) in [6.45, 7) is 2.14. The Bertz CT molecular complexity index is 71.5. The molecule has 0 spiro atoms. The van der Waals surface area contributed by atoms with Crippen molar-refractivity contribution in [1.82, 2.24) is 0 Å². The highest BCUT2D eigenvalue weighted by Gasteiger charge is 1.91. The van der Waals surface area contributed by atoms with E-state index in [9.17, 15) is 4.79 Å². The molecule has 0 rings (SSSR count). The highest BCUT2D eigenvalue weighted by molar-refractivity contribution is 5.86. The molecule has 66 valence electrons. The fourth-order valence-corrected chi connectivity index (χ4v) is 0.220. The number of hydrogen-bond acceptors (Lipinski definition) is 3. The highest BCUT2D eigenvalue weighted by Crippen LogP contribution is 1.69. The van der Waals surface area contributed by atoms with Gasteiger partial charge in [0, 0.05) is 0 Å². The van der Waals surface area contributed by atoms with Gasteiger partial charge in [-0.1, -0.05) is 0 Å². The molecule has 0 saturated carbocycles. The quantitative estimate of drug-likeness (QED) is 0.688. The molecule has 6 heteroatoms. The Balaban J connectivity index is -0.0000000600. The summed E-state index contributed by atoms with van der Waals surface area (Å²) in [6.07, 6.45) is 0. The molecule has 0 saturated heterocycles. The molecule has 10 heavy (non-hydrogen) atoms. The van der Waals surface area contributed by atoms with Crippen molar-refractivity contribution in [2.75, 3.05) is 13.2 Å². The zero-order valence-electron chi connectivity index (χ0n) is 5.53. The molecular formula is C4H12Cl3NO2. The van der Waals surface area contributed by atoms with Crippen molar-refractivity contribution in [3.05, 3.63) is 0 Å². The van der Waals surface area contributed by atoms with Gasteiger partial charge >= 0.3 is 5.97 Å². The third kappa shape index (κ3) is 15.7. The Hall–Kier alpha value is 0.300. The second-order valence-electron chi connectivity index (χ2n) is 1.01. The van der Waals surface area contributed by atoms with Crippen LogP contribution in [0.1, 0.15) is 6.92 Å². The van der Waals surface area contributed by atoms with Gasteiger partial charge in [-0.05, 0) is 6.92 Å². The molecule has 0 aliphatic heterocycles. The summed E-state index contributed by atoms with van der Waals surface area (Å²) in [5, 5.41) is 0. The minimum absolute atomic E-state index is 0. The largest absolute Gasteiger partial charge is 0.465 e. The standard InChI is InChI=1S/C4H9NO2.3ClH/c1-2-7-4(6)3-5;;;/h2-3,5H2,1H3;3*1H. The van der Waals surface area contributed by atoms with Crippen LogP contribution < -0.4 is 5.73 Å². The lowest BCUT2D eigenvalue weighted by Crippen LogP contribution is -2.16. The lowest BCUT2D eigenvalue weighted by molar-refractivity contribution is -0.141. The van der Waals surface area contributed by atoms with Crippen LogP contribution in [0, 0.1) is 0 Å². The van der Waals surface area contributed by atoms with E-state index in [1.165, 1.54) is 0 Å². The van der Waals surface area contributed by atoms with E-state index >= 15 is 0 Å². The van der Waals surface area contributed by atoms with Gasteiger partial charge in [0.1, 0.15) is 0 Å². The maximum absolute atomic E-state index is 10.1. The van der Waals surface area contributed by atoms with E-state index in [4.69, 9.17) is 5.73 Å². The summed E-state index contributed by atoms with van der Waals surface area (Å²) in [4.78, 5) is 10.1. The third-order valence-corrected chi connectivity index (χ3v) is 0.472. The molecule has 0 aromatic rings. The van der Waals surface area contributed by atoms with Crippen LogP contribution in [0.2, 0.25) is 0 Å².